The molecule has 0 spiro atoms. The maximum Gasteiger partial charge on any atom is 0.330 e. The molecule has 0 aromatic carbocycles. The van der Waals surface area contributed by atoms with Crippen molar-refractivity contribution in [3.05, 3.63) is 32.6 Å². The lowest BCUT2D eigenvalue weighted by Crippen LogP contribution is -2.39. The Morgan fingerprint density at radius 3 is 2.79 bits per heavy atom. The summed E-state index contributed by atoms with van der Waals surface area (Å²) >= 11 is 0. The first kappa shape index (κ1) is 13.9. The van der Waals surface area contributed by atoms with Gasteiger partial charge in [-0.25, -0.2) is 4.79 Å². The van der Waals surface area contributed by atoms with Gasteiger partial charge in [-0.05, 0) is 6.92 Å². The quantitative estimate of drug-likeness (QED) is 0.593. The number of hydrogen-bond acceptors (Lipinski definition) is 6. The highest BCUT2D eigenvalue weighted by atomic mass is 16.6. The van der Waals surface area contributed by atoms with Gasteiger partial charge in [-0.2, -0.15) is 0 Å². The van der Waals surface area contributed by atoms with Crippen molar-refractivity contribution in [3.8, 4) is 0 Å². The second kappa shape index (κ2) is 5.25. The highest BCUT2D eigenvalue weighted by Gasteiger charge is 2.45. The fourth-order valence-corrected chi connectivity index (χ4v) is 2.12. The van der Waals surface area contributed by atoms with Crippen LogP contribution in [0.5, 0.6) is 0 Å². The lowest BCUT2D eigenvalue weighted by Gasteiger charge is -2.20. The summed E-state index contributed by atoms with van der Waals surface area (Å²) in [7, 11) is 1.37. The molecule has 2 unspecified atom stereocenters. The van der Waals surface area contributed by atoms with Crippen molar-refractivity contribution in [1.29, 1.82) is 0 Å². The summed E-state index contributed by atoms with van der Waals surface area (Å²) < 4.78 is 11.7. The molecule has 0 bridgehead atoms. The molecule has 1 saturated heterocycles. The Kier molecular flexibility index (Phi) is 3.85. The highest BCUT2D eigenvalue weighted by Crippen LogP contribution is 2.30. The number of aliphatic hydroxyl groups is 2. The van der Waals surface area contributed by atoms with Crippen molar-refractivity contribution in [3.63, 3.8) is 0 Å². The molecular weight excluding hydrogens is 256 g/mol. The van der Waals surface area contributed by atoms with Crippen LogP contribution in [-0.4, -0.2) is 51.8 Å². The van der Waals surface area contributed by atoms with Gasteiger partial charge in [0.2, 0.25) is 0 Å². The van der Waals surface area contributed by atoms with Crippen LogP contribution in [0.25, 0.3) is 0 Å². The molecule has 3 N–H and O–H groups in total. The minimum Gasteiger partial charge on any atom is -0.394 e. The summed E-state index contributed by atoms with van der Waals surface area (Å²) in [5.74, 6) is 0. The number of aryl methyl sites for hydroxylation is 1. The molecule has 19 heavy (non-hydrogen) atoms. The van der Waals surface area contributed by atoms with E-state index in [9.17, 15) is 14.7 Å². The van der Waals surface area contributed by atoms with E-state index in [1.807, 2.05) is 0 Å². The highest BCUT2D eigenvalue weighted by molar-refractivity contribution is 5.03. The van der Waals surface area contributed by atoms with Gasteiger partial charge in [0.05, 0.1) is 6.61 Å². The van der Waals surface area contributed by atoms with Crippen LogP contribution in [0.1, 0.15) is 11.8 Å². The molecule has 4 atom stereocenters. The monoisotopic (exact) mass is 272 g/mol. The number of aliphatic hydroxyl groups excluding tert-OH is 2. The fraction of sp³-hybridized carbons (Fsp3) is 0.636. The molecule has 2 rings (SSSR count). The Morgan fingerprint density at radius 2 is 2.21 bits per heavy atom. The number of ether oxygens (including phenoxy) is 2. The Bertz CT molecular complexity index is 565. The van der Waals surface area contributed by atoms with Crippen LogP contribution in [0, 0.1) is 6.92 Å². The van der Waals surface area contributed by atoms with Gasteiger partial charge in [-0.15, -0.1) is 0 Å². The predicted octanol–water partition coefficient (Wildman–Crippen LogP) is -1.89. The van der Waals surface area contributed by atoms with E-state index in [4.69, 9.17) is 14.6 Å². The van der Waals surface area contributed by atoms with Gasteiger partial charge in [0.25, 0.3) is 5.56 Å². The molecule has 0 saturated carbocycles. The summed E-state index contributed by atoms with van der Waals surface area (Å²) in [5.41, 5.74) is -0.805. The van der Waals surface area contributed by atoms with E-state index in [1.54, 1.807) is 6.92 Å². The maximum absolute atomic E-state index is 11.8. The van der Waals surface area contributed by atoms with E-state index >= 15 is 0 Å². The molecule has 1 aromatic heterocycles. The Hall–Kier alpha value is -1.48. The zero-order chi connectivity index (χ0) is 14.2. The molecule has 1 aromatic rings. The van der Waals surface area contributed by atoms with Crippen molar-refractivity contribution < 1.29 is 19.7 Å². The van der Waals surface area contributed by atoms with E-state index in [2.05, 4.69) is 4.98 Å². The molecule has 0 aliphatic carbocycles. The number of nitrogens with one attached hydrogen (secondary N) is 1. The summed E-state index contributed by atoms with van der Waals surface area (Å²) in [5, 5.41) is 19.0. The average Bonchev–Trinajstić information content (AvgIpc) is 2.70. The van der Waals surface area contributed by atoms with Crippen molar-refractivity contribution in [2.24, 2.45) is 0 Å². The number of H-pyrrole nitrogens is 1. The van der Waals surface area contributed by atoms with Crippen molar-refractivity contribution in [2.45, 2.75) is 31.5 Å². The van der Waals surface area contributed by atoms with Crippen LogP contribution >= 0.6 is 0 Å². The zero-order valence-electron chi connectivity index (χ0n) is 10.6. The number of nitrogens with zero attached hydrogens (tertiary/aromatic N) is 1. The van der Waals surface area contributed by atoms with E-state index in [1.165, 1.54) is 13.3 Å². The number of methoxy groups -OCH3 is 1. The number of aromatic amines is 1. The summed E-state index contributed by atoms with van der Waals surface area (Å²) in [4.78, 5) is 25.2. The fourth-order valence-electron chi connectivity index (χ4n) is 2.12. The molecule has 8 heteroatoms. The zero-order valence-corrected chi connectivity index (χ0v) is 10.6. The smallest absolute Gasteiger partial charge is 0.330 e. The van der Waals surface area contributed by atoms with Gasteiger partial charge in [0.15, 0.2) is 6.23 Å². The van der Waals surface area contributed by atoms with E-state index < -0.39 is 42.4 Å². The van der Waals surface area contributed by atoms with E-state index in [0.29, 0.717) is 5.56 Å². The Morgan fingerprint density at radius 1 is 1.53 bits per heavy atom. The summed E-state index contributed by atoms with van der Waals surface area (Å²) in [6.07, 6.45) is -2.27. The molecule has 106 valence electrons. The first-order valence-electron chi connectivity index (χ1n) is 5.78. The standard InChI is InChI=1S/C11H16N2O6/c1-5-3-13(11(17)12-9(5)16)10-8(18-2)7(15)6(4-14)19-10/h3,6-8,10,14-15H,4H2,1-2H3,(H,12,16,17)/t6?,7-,8?,10-/m1/s1. The SMILES string of the molecule is COC1[C@H](O)C(CO)O[C@H]1n1cc(C)c(=O)[nH]c1=O. The van der Waals surface area contributed by atoms with Crippen LogP contribution in [0.2, 0.25) is 0 Å². The lowest BCUT2D eigenvalue weighted by atomic mass is 10.1. The van der Waals surface area contributed by atoms with E-state index in [-0.39, 0.29) is 0 Å². The molecule has 1 aliphatic heterocycles. The van der Waals surface area contributed by atoms with Crippen molar-refractivity contribution in [2.75, 3.05) is 13.7 Å². The molecule has 2 heterocycles. The number of rotatable bonds is 3. The third kappa shape index (κ3) is 2.35. The van der Waals surface area contributed by atoms with Gasteiger partial charge in [0.1, 0.15) is 18.3 Å². The van der Waals surface area contributed by atoms with Gasteiger partial charge < -0.3 is 19.7 Å². The summed E-state index contributed by atoms with van der Waals surface area (Å²) in [6, 6.07) is 0. The van der Waals surface area contributed by atoms with Crippen LogP contribution in [0.4, 0.5) is 0 Å². The van der Waals surface area contributed by atoms with Crippen LogP contribution in [0.3, 0.4) is 0 Å². The third-order valence-corrected chi connectivity index (χ3v) is 3.18. The molecule has 0 amide bonds. The first-order chi connectivity index (χ1) is 8.99. The molecule has 8 nitrogen and oxygen atoms in total. The Balaban J connectivity index is 2.44. The van der Waals surface area contributed by atoms with Gasteiger partial charge in [-0.3, -0.25) is 14.3 Å². The van der Waals surface area contributed by atoms with Gasteiger partial charge in [-0.1, -0.05) is 0 Å². The second-order valence-electron chi connectivity index (χ2n) is 4.42. The first-order valence-corrected chi connectivity index (χ1v) is 5.78. The lowest BCUT2D eigenvalue weighted by molar-refractivity contribution is -0.0626. The normalized spacial score (nSPS) is 30.7. The van der Waals surface area contributed by atoms with Crippen LogP contribution in [0.15, 0.2) is 15.8 Å². The van der Waals surface area contributed by atoms with Crippen molar-refractivity contribution in [1.82, 2.24) is 9.55 Å². The minimum atomic E-state index is -1.06. The second-order valence-corrected chi connectivity index (χ2v) is 4.42. The number of hydrogen-bond donors (Lipinski definition) is 3. The molecule has 0 radical (unpaired) electrons. The largest absolute Gasteiger partial charge is 0.394 e. The molecule has 1 fully saturated rings. The predicted molar refractivity (Wildman–Crippen MR) is 63.9 cm³/mol. The van der Waals surface area contributed by atoms with Crippen LogP contribution in [-0.2, 0) is 9.47 Å². The molecular formula is C11H16N2O6. The third-order valence-electron chi connectivity index (χ3n) is 3.18. The minimum absolute atomic E-state index is 0.333. The average molecular weight is 272 g/mol. The van der Waals surface area contributed by atoms with Crippen molar-refractivity contribution >= 4 is 0 Å². The van der Waals surface area contributed by atoms with Gasteiger partial charge >= 0.3 is 5.69 Å². The van der Waals surface area contributed by atoms with Gasteiger partial charge in [0, 0.05) is 18.9 Å². The maximum atomic E-state index is 11.8. The Labute approximate surface area is 108 Å². The molecule has 1 aliphatic rings. The summed E-state index contributed by atoms with van der Waals surface area (Å²) in [6.45, 7) is 1.15. The van der Waals surface area contributed by atoms with Crippen LogP contribution < -0.4 is 11.2 Å². The number of aromatic nitrogens is 2. The van der Waals surface area contributed by atoms with E-state index in [0.717, 1.165) is 4.57 Å². The topological polar surface area (TPSA) is 114 Å².